The molecule has 0 amide bonds. The monoisotopic (exact) mass is 724 g/mol. The Morgan fingerprint density at radius 2 is 1.06 bits per heavy atom. The van der Waals surface area contributed by atoms with E-state index in [1.165, 1.54) is 0 Å². The predicted molar refractivity (Wildman–Crippen MR) is 48.4 cm³/mol. The van der Waals surface area contributed by atoms with E-state index < -0.39 is 77.3 Å². The molecule has 2 rings (SSSR count). The zero-order valence-corrected chi connectivity index (χ0v) is 16.9. The van der Waals surface area contributed by atoms with Gasteiger partial charge < -0.3 is 5.48 Å². The van der Waals surface area contributed by atoms with E-state index in [-0.39, 0.29) is 5.48 Å². The van der Waals surface area contributed by atoms with Crippen LogP contribution in [0.1, 0.15) is 0 Å². The van der Waals surface area contributed by atoms with E-state index in [0.29, 0.717) is 0 Å². The summed E-state index contributed by atoms with van der Waals surface area (Å²) in [6.07, 6.45) is 0. The molecule has 0 bridgehead atoms. The van der Waals surface area contributed by atoms with Crippen molar-refractivity contribution in [2.45, 2.75) is 0 Å². The van der Waals surface area contributed by atoms with Crippen molar-refractivity contribution in [1.82, 2.24) is 0 Å². The van der Waals surface area contributed by atoms with Gasteiger partial charge >= 0.3 is 116 Å². The molecule has 0 radical (unpaired) electrons. The topological polar surface area (TPSA) is 189 Å². The summed E-state index contributed by atoms with van der Waals surface area (Å²) in [4.78, 5) is 0. The molecule has 0 spiro atoms. The van der Waals surface area contributed by atoms with Crippen LogP contribution < -0.4 is 0 Å². The summed E-state index contributed by atoms with van der Waals surface area (Å²) >= 11 is -7.98. The van der Waals surface area contributed by atoms with E-state index in [1.807, 2.05) is 0 Å². The van der Waals surface area contributed by atoms with Gasteiger partial charge in [-0.1, -0.05) is 0 Å². The Balaban J connectivity index is 0.00000162. The van der Waals surface area contributed by atoms with Gasteiger partial charge in [0.2, 0.25) is 0 Å². The van der Waals surface area contributed by atoms with Gasteiger partial charge in [0.1, 0.15) is 0 Å². The van der Waals surface area contributed by atoms with Crippen LogP contribution in [0.4, 0.5) is 0 Å². The van der Waals surface area contributed by atoms with E-state index in [0.717, 1.165) is 0 Å². The van der Waals surface area contributed by atoms with E-state index in [1.54, 1.807) is 0 Å². The van der Waals surface area contributed by atoms with E-state index >= 15 is 0 Å². The average Bonchev–Trinajstić information content (AvgIpc) is 1.94. The Labute approximate surface area is 120 Å². The second kappa shape index (κ2) is 5.61. The van der Waals surface area contributed by atoms with Crippen LogP contribution in [0.5, 0.6) is 0 Å². The molecule has 2 heterocycles. The van der Waals surface area contributed by atoms with Gasteiger partial charge in [-0.05, 0) is 0 Å². The Hall–Kier alpha value is 1.34. The maximum atomic E-state index is 11.0. The van der Waals surface area contributed by atoms with Gasteiger partial charge in [0, 0.05) is 0 Å². The SMILES string of the molecule is O.O=S1(=O)[O][Bi]([O]S(=O)(=O)[O][Bi]2[O]S(=O)(=O)[O]2)[O]1. The molecule has 0 atom stereocenters. The van der Waals surface area contributed by atoms with E-state index in [4.69, 9.17) is 0 Å². The Bertz CT molecular complexity index is 533. The summed E-state index contributed by atoms with van der Waals surface area (Å²) in [6.45, 7) is 0. The first-order valence-electron chi connectivity index (χ1n) is 3.10. The molecule has 108 valence electrons. The summed E-state index contributed by atoms with van der Waals surface area (Å²) in [7, 11) is -12.9. The van der Waals surface area contributed by atoms with Gasteiger partial charge in [-0.15, -0.1) is 0 Å². The van der Waals surface area contributed by atoms with Crippen LogP contribution in [0, 0.1) is 0 Å². The van der Waals surface area contributed by atoms with Crippen molar-refractivity contribution in [1.29, 1.82) is 0 Å². The molecule has 0 aromatic rings. The van der Waals surface area contributed by atoms with Crippen LogP contribution in [0.3, 0.4) is 0 Å². The summed E-state index contributed by atoms with van der Waals surface area (Å²) < 4.78 is 87.7. The molecule has 0 unspecified atom stereocenters. The standard InChI is InChI=1S/2Bi.3H2O4S.H2O/c;;3*1-5(2,3)4;/h;;3*(H2,1,2,3,4);1H2/q2*+3;;;;/p-6. The van der Waals surface area contributed by atoms with Crippen molar-refractivity contribution < 1.29 is 44.3 Å². The molecule has 18 heavy (non-hydrogen) atoms. The van der Waals surface area contributed by atoms with Crippen molar-refractivity contribution in [3.05, 3.63) is 0 Å². The summed E-state index contributed by atoms with van der Waals surface area (Å²) in [5, 5.41) is 0. The van der Waals surface area contributed by atoms with Crippen molar-refractivity contribution >= 4 is 77.3 Å². The Morgan fingerprint density at radius 1 is 0.778 bits per heavy atom. The predicted octanol–water partition coefficient (Wildman–Crippen LogP) is -4.01. The molecule has 2 fully saturated rings. The fraction of sp³-hybridized carbons (Fsp3) is 0. The van der Waals surface area contributed by atoms with Crippen LogP contribution in [0.15, 0.2) is 0 Å². The van der Waals surface area contributed by atoms with Gasteiger partial charge in [0.05, 0.1) is 0 Å². The number of rotatable bonds is 4. The third-order valence-corrected chi connectivity index (χ3v) is 24.0. The van der Waals surface area contributed by atoms with Crippen LogP contribution in [-0.4, -0.2) is 76.9 Å². The summed E-state index contributed by atoms with van der Waals surface area (Å²) in [5.41, 5.74) is 0. The molecular weight excluding hydrogens is 722 g/mol. The molecule has 0 aromatic heterocycles. The van der Waals surface area contributed by atoms with Crippen LogP contribution >= 0.6 is 0 Å². The average molecular weight is 724 g/mol. The van der Waals surface area contributed by atoms with Crippen LogP contribution in [0.25, 0.3) is 0 Å². The fourth-order valence-corrected chi connectivity index (χ4v) is 19.1. The maximum absolute atomic E-state index is 11.0. The molecule has 2 aliphatic heterocycles. The van der Waals surface area contributed by atoms with E-state index in [9.17, 15) is 25.3 Å². The molecule has 13 nitrogen and oxygen atoms in total. The Morgan fingerprint density at radius 3 is 1.28 bits per heavy atom. The minimum absolute atomic E-state index is 0. The first-order valence-corrected chi connectivity index (χ1v) is 15.6. The van der Waals surface area contributed by atoms with Crippen molar-refractivity contribution in [3.8, 4) is 0 Å². The van der Waals surface area contributed by atoms with Crippen molar-refractivity contribution in [2.24, 2.45) is 0 Å². The van der Waals surface area contributed by atoms with Crippen molar-refractivity contribution in [3.63, 3.8) is 0 Å². The molecule has 0 saturated carbocycles. The van der Waals surface area contributed by atoms with Gasteiger partial charge in [-0.3, -0.25) is 0 Å². The number of hydrogen-bond donors (Lipinski definition) is 0. The van der Waals surface area contributed by atoms with Gasteiger partial charge in [-0.2, -0.15) is 0 Å². The normalized spacial score (nSPS) is 26.7. The molecule has 2 N–H and O–H groups in total. The Kier molecular flexibility index (Phi) is 5.42. The number of hydrogen-bond acceptors (Lipinski definition) is 12. The van der Waals surface area contributed by atoms with Crippen LogP contribution in [-0.2, 0) is 44.8 Å². The van der Waals surface area contributed by atoms with Gasteiger partial charge in [0.15, 0.2) is 0 Å². The van der Waals surface area contributed by atoms with Gasteiger partial charge in [-0.25, -0.2) is 0 Å². The third-order valence-electron chi connectivity index (χ3n) is 0.913. The van der Waals surface area contributed by atoms with E-state index in [2.05, 4.69) is 13.6 Å². The summed E-state index contributed by atoms with van der Waals surface area (Å²) in [5.74, 6) is 0. The molecule has 2 saturated heterocycles. The fourth-order valence-electron chi connectivity index (χ4n) is 0.522. The molecule has 0 aliphatic carbocycles. The summed E-state index contributed by atoms with van der Waals surface area (Å²) in [6, 6.07) is 0. The zero-order valence-electron chi connectivity index (χ0n) is 7.52. The van der Waals surface area contributed by atoms with Gasteiger partial charge in [0.25, 0.3) is 0 Å². The molecule has 0 aromatic carbocycles. The second-order valence-electron chi connectivity index (χ2n) is 2.12. The second-order valence-corrected chi connectivity index (χ2v) is 19.4. The first kappa shape index (κ1) is 17.4. The van der Waals surface area contributed by atoms with Crippen molar-refractivity contribution in [2.75, 3.05) is 0 Å². The molecular formula is H2Bi2O13S3. The zero-order chi connectivity index (χ0) is 12.9. The quantitative estimate of drug-likeness (QED) is 0.256. The van der Waals surface area contributed by atoms with Crippen LogP contribution in [0.2, 0.25) is 0 Å². The molecule has 2 aliphatic rings. The molecule has 18 heteroatoms. The first-order chi connectivity index (χ1) is 7.57. The third kappa shape index (κ3) is 4.71. The minimum atomic E-state index is -4.65.